The maximum atomic E-state index is 14.1. The number of rotatable bonds is 9. The van der Waals surface area contributed by atoms with Crippen molar-refractivity contribution in [3.05, 3.63) is 78.1 Å². The van der Waals surface area contributed by atoms with Crippen LogP contribution in [-0.2, 0) is 14.8 Å². The molecule has 0 aromatic heterocycles. The number of fused-ring (bicyclic) bond motifs is 1. The van der Waals surface area contributed by atoms with E-state index in [4.69, 9.17) is 9.47 Å². The van der Waals surface area contributed by atoms with Gasteiger partial charge in [0.15, 0.2) is 11.5 Å². The van der Waals surface area contributed by atoms with Gasteiger partial charge in [0.05, 0.1) is 21.8 Å². The molecule has 1 aliphatic rings. The molecule has 1 heterocycles. The lowest BCUT2D eigenvalue weighted by Crippen LogP contribution is -2.38. The minimum atomic E-state index is -4.35. The average Bonchev–Trinajstić information content (AvgIpc) is 2.90. The van der Waals surface area contributed by atoms with Crippen molar-refractivity contribution in [3.63, 3.8) is 0 Å². The molecule has 200 valence electrons. The molecule has 4 rings (SSSR count). The lowest BCUT2D eigenvalue weighted by atomic mass is 10.1. The number of carbonyl (C=O) groups is 2. The molecule has 0 spiro atoms. The van der Waals surface area contributed by atoms with E-state index in [1.807, 2.05) is 13.8 Å². The van der Waals surface area contributed by atoms with Crippen LogP contribution in [0.5, 0.6) is 11.5 Å². The van der Waals surface area contributed by atoms with Crippen LogP contribution in [0.15, 0.2) is 71.6 Å². The Morgan fingerprint density at radius 3 is 2.45 bits per heavy atom. The molecule has 2 N–H and O–H groups in total. The molecule has 2 amide bonds. The zero-order chi connectivity index (χ0) is 27.3. The topological polar surface area (TPSA) is 114 Å². The third-order valence-corrected chi connectivity index (χ3v) is 7.37. The zero-order valence-corrected chi connectivity index (χ0v) is 21.8. The van der Waals surface area contributed by atoms with Crippen LogP contribution >= 0.6 is 0 Å². The number of ether oxygens (including phenoxy) is 2. The molecule has 0 aliphatic carbocycles. The highest BCUT2D eigenvalue weighted by Gasteiger charge is 2.29. The van der Waals surface area contributed by atoms with Gasteiger partial charge in [-0.25, -0.2) is 12.8 Å². The number of amides is 2. The van der Waals surface area contributed by atoms with Gasteiger partial charge in [-0.3, -0.25) is 13.9 Å². The Kier molecular flexibility index (Phi) is 8.16. The summed E-state index contributed by atoms with van der Waals surface area (Å²) in [5.74, 6) is -0.886. The van der Waals surface area contributed by atoms with Gasteiger partial charge in [-0.05, 0) is 48.4 Å². The normalized spacial score (nSPS) is 12.6. The Labute approximate surface area is 220 Å². The second-order valence-corrected chi connectivity index (χ2v) is 10.9. The van der Waals surface area contributed by atoms with Gasteiger partial charge < -0.3 is 20.1 Å². The fraction of sp³-hybridized carbons (Fsp3) is 0.259. The van der Waals surface area contributed by atoms with E-state index in [0.29, 0.717) is 18.9 Å². The third-order valence-electron chi connectivity index (χ3n) is 5.60. The Morgan fingerprint density at radius 1 is 0.974 bits per heavy atom. The zero-order valence-electron chi connectivity index (χ0n) is 20.9. The first kappa shape index (κ1) is 26.9. The van der Waals surface area contributed by atoms with Gasteiger partial charge in [-0.1, -0.05) is 32.0 Å². The molecular weight excluding hydrogens is 513 g/mol. The van der Waals surface area contributed by atoms with Crippen LogP contribution in [0.1, 0.15) is 24.2 Å². The lowest BCUT2D eigenvalue weighted by Gasteiger charge is -2.25. The first-order valence-corrected chi connectivity index (χ1v) is 13.4. The van der Waals surface area contributed by atoms with Gasteiger partial charge in [-0.2, -0.15) is 0 Å². The van der Waals surface area contributed by atoms with Crippen LogP contribution in [0.3, 0.4) is 0 Å². The number of sulfonamides is 1. The van der Waals surface area contributed by atoms with Crippen LogP contribution in [0, 0.1) is 11.7 Å². The molecule has 0 saturated carbocycles. The van der Waals surface area contributed by atoms with Crippen molar-refractivity contribution < 1.29 is 31.9 Å². The van der Waals surface area contributed by atoms with Crippen molar-refractivity contribution in [1.82, 2.24) is 5.32 Å². The van der Waals surface area contributed by atoms with Crippen molar-refractivity contribution >= 4 is 33.2 Å². The summed E-state index contributed by atoms with van der Waals surface area (Å²) in [6.45, 7) is 4.28. The molecule has 0 fully saturated rings. The molecule has 9 nitrogen and oxygen atoms in total. The molecule has 0 bridgehead atoms. The number of nitrogens with zero attached hydrogens (tertiary/aromatic N) is 1. The van der Waals surface area contributed by atoms with Crippen LogP contribution in [0.2, 0.25) is 0 Å². The predicted octanol–water partition coefficient (Wildman–Crippen LogP) is 3.82. The van der Waals surface area contributed by atoms with Crippen LogP contribution < -0.4 is 24.4 Å². The van der Waals surface area contributed by atoms with Crippen LogP contribution in [-0.4, -0.2) is 46.5 Å². The Morgan fingerprint density at radius 2 is 1.71 bits per heavy atom. The molecule has 0 unspecified atom stereocenters. The summed E-state index contributed by atoms with van der Waals surface area (Å²) in [6.07, 6.45) is 0. The molecule has 0 atom stereocenters. The van der Waals surface area contributed by atoms with E-state index in [1.165, 1.54) is 36.4 Å². The van der Waals surface area contributed by atoms with E-state index in [1.54, 1.807) is 24.3 Å². The highest BCUT2D eigenvalue weighted by atomic mass is 32.2. The van der Waals surface area contributed by atoms with E-state index in [2.05, 4.69) is 10.6 Å². The molecule has 0 radical (unpaired) electrons. The van der Waals surface area contributed by atoms with E-state index >= 15 is 0 Å². The Bertz CT molecular complexity index is 1440. The van der Waals surface area contributed by atoms with E-state index in [-0.39, 0.29) is 46.0 Å². The van der Waals surface area contributed by atoms with E-state index in [9.17, 15) is 22.4 Å². The highest BCUT2D eigenvalue weighted by Crippen LogP contribution is 2.34. The number of benzene rings is 3. The van der Waals surface area contributed by atoms with Gasteiger partial charge in [0.2, 0.25) is 5.91 Å². The summed E-state index contributed by atoms with van der Waals surface area (Å²) in [6, 6.07) is 15.5. The van der Waals surface area contributed by atoms with Gasteiger partial charge in [0.25, 0.3) is 15.9 Å². The predicted molar refractivity (Wildman–Crippen MR) is 141 cm³/mol. The van der Waals surface area contributed by atoms with Crippen LogP contribution in [0.25, 0.3) is 0 Å². The summed E-state index contributed by atoms with van der Waals surface area (Å²) >= 11 is 0. The number of carbonyl (C=O) groups excluding carboxylic acids is 2. The number of anilines is 2. The maximum absolute atomic E-state index is 14.1. The highest BCUT2D eigenvalue weighted by molar-refractivity contribution is 7.92. The molecular formula is C27H28FN3O6S. The first-order valence-electron chi connectivity index (χ1n) is 12.0. The second kappa shape index (κ2) is 11.5. The SMILES string of the molecule is CC(C)CNC(=O)c1ccccc1NC(=O)CN(c1cccc(F)c1)S(=O)(=O)c1ccc2c(c1)OCCO2. The van der Waals surface area contributed by atoms with Crippen molar-refractivity contribution in [2.24, 2.45) is 5.92 Å². The summed E-state index contributed by atoms with van der Waals surface area (Å²) < 4.78 is 53.3. The third kappa shape index (κ3) is 6.23. The van der Waals surface area contributed by atoms with Crippen molar-refractivity contribution in [3.8, 4) is 11.5 Å². The smallest absolute Gasteiger partial charge is 0.264 e. The fourth-order valence-corrected chi connectivity index (χ4v) is 5.19. The summed E-state index contributed by atoms with van der Waals surface area (Å²) in [5.41, 5.74) is 0.404. The largest absolute Gasteiger partial charge is 0.486 e. The van der Waals surface area contributed by atoms with Crippen molar-refractivity contribution in [2.75, 3.05) is 35.9 Å². The molecule has 3 aromatic rings. The van der Waals surface area contributed by atoms with Gasteiger partial charge >= 0.3 is 0 Å². The summed E-state index contributed by atoms with van der Waals surface area (Å²) in [5, 5.41) is 5.42. The van der Waals surface area contributed by atoms with Gasteiger partial charge in [0, 0.05) is 12.6 Å². The molecule has 0 saturated heterocycles. The second-order valence-electron chi connectivity index (χ2n) is 8.99. The van der Waals surface area contributed by atoms with Gasteiger partial charge in [0.1, 0.15) is 25.6 Å². The quantitative estimate of drug-likeness (QED) is 0.426. The Hall–Kier alpha value is -4.12. The molecule has 11 heteroatoms. The number of para-hydroxylation sites is 1. The molecule has 3 aromatic carbocycles. The monoisotopic (exact) mass is 541 g/mol. The van der Waals surface area contributed by atoms with Crippen molar-refractivity contribution in [1.29, 1.82) is 0 Å². The summed E-state index contributed by atoms with van der Waals surface area (Å²) in [7, 11) is -4.35. The minimum Gasteiger partial charge on any atom is -0.486 e. The van der Waals surface area contributed by atoms with E-state index in [0.717, 1.165) is 10.4 Å². The van der Waals surface area contributed by atoms with Gasteiger partial charge in [-0.15, -0.1) is 0 Å². The van der Waals surface area contributed by atoms with E-state index < -0.39 is 28.3 Å². The first-order chi connectivity index (χ1) is 18.1. The Balaban J connectivity index is 1.63. The van der Waals surface area contributed by atoms with Crippen LogP contribution in [0.4, 0.5) is 15.8 Å². The number of halogens is 1. The lowest BCUT2D eigenvalue weighted by molar-refractivity contribution is -0.114. The molecule has 1 aliphatic heterocycles. The fourth-order valence-electron chi connectivity index (χ4n) is 3.76. The summed E-state index contributed by atoms with van der Waals surface area (Å²) in [4.78, 5) is 25.6. The number of hydrogen-bond acceptors (Lipinski definition) is 6. The number of hydrogen-bond donors (Lipinski definition) is 2. The van der Waals surface area contributed by atoms with Crippen molar-refractivity contribution in [2.45, 2.75) is 18.7 Å². The number of nitrogens with one attached hydrogen (secondary N) is 2. The standard InChI is InChI=1S/C27H28FN3O6S/c1-18(2)16-29-27(33)22-8-3-4-9-23(22)30-26(32)17-31(20-7-5-6-19(28)14-20)38(34,35)21-10-11-24-25(15-21)37-13-12-36-24/h3-11,14-15,18H,12-13,16-17H2,1-2H3,(H,29,33)(H,30,32). The average molecular weight is 542 g/mol. The molecule has 38 heavy (non-hydrogen) atoms. The maximum Gasteiger partial charge on any atom is 0.264 e. The minimum absolute atomic E-state index is 0.0435.